The molecule has 0 radical (unpaired) electrons. The van der Waals surface area contributed by atoms with E-state index < -0.39 is 24.3 Å². The van der Waals surface area contributed by atoms with Gasteiger partial charge in [0.1, 0.15) is 12.7 Å². The first-order valence-electron chi connectivity index (χ1n) is 22.2. The Morgan fingerprint density at radius 3 is 1.64 bits per heavy atom. The highest BCUT2D eigenvalue weighted by atomic mass is 16.6. The topological polar surface area (TPSA) is 106 Å². The Balaban J connectivity index is 1.68. The molecule has 0 unspecified atom stereocenters. The normalized spacial score (nSPS) is 17.2. The first-order valence-corrected chi connectivity index (χ1v) is 22.2. The van der Waals surface area contributed by atoms with E-state index in [1.54, 1.807) is 17.1 Å². The first kappa shape index (κ1) is 48.7. The summed E-state index contributed by atoms with van der Waals surface area (Å²) in [6, 6.07) is 0. The highest BCUT2D eigenvalue weighted by molar-refractivity contribution is 5.72. The Hall–Kier alpha value is -3.46. The summed E-state index contributed by atoms with van der Waals surface area (Å²) in [5, 5.41) is 0. The van der Waals surface area contributed by atoms with E-state index in [4.69, 9.17) is 18.9 Å². The lowest BCUT2D eigenvalue weighted by Crippen LogP contribution is -2.40. The second-order valence-corrected chi connectivity index (χ2v) is 15.2. The monoisotopic (exact) mass is 781 g/mol. The van der Waals surface area contributed by atoms with Gasteiger partial charge in [-0.15, -0.1) is 0 Å². The van der Waals surface area contributed by atoms with Gasteiger partial charge in [-0.1, -0.05) is 127 Å². The SMILES string of the molecule is CCCCC/C=C\C/C=C\CCCCCCCC(=O)O[C@@H]1[C@@H](OC(=O)CCCCCCC/C=C\C/C=C\CCCCC)CO[C@@H]1COC(=O)Cc1cn(C)cn1. The summed E-state index contributed by atoms with van der Waals surface area (Å²) < 4.78 is 24.8. The van der Waals surface area contributed by atoms with Crippen molar-refractivity contribution in [3.8, 4) is 0 Å². The third-order valence-electron chi connectivity index (χ3n) is 9.91. The molecule has 1 saturated heterocycles. The van der Waals surface area contributed by atoms with Crippen LogP contribution in [0.4, 0.5) is 0 Å². The number of imidazole rings is 1. The van der Waals surface area contributed by atoms with E-state index in [9.17, 15) is 14.4 Å². The summed E-state index contributed by atoms with van der Waals surface area (Å²) in [6.07, 6.45) is 44.1. The van der Waals surface area contributed by atoms with E-state index in [0.29, 0.717) is 12.1 Å². The van der Waals surface area contributed by atoms with E-state index >= 15 is 0 Å². The van der Waals surface area contributed by atoms with Crippen molar-refractivity contribution < 1.29 is 33.3 Å². The Kier molecular flexibility index (Phi) is 29.3. The van der Waals surface area contributed by atoms with E-state index in [1.807, 2.05) is 7.05 Å². The molecule has 1 aromatic heterocycles. The largest absolute Gasteiger partial charge is 0.462 e. The van der Waals surface area contributed by atoms with Crippen molar-refractivity contribution in [2.45, 2.75) is 193 Å². The Labute approximate surface area is 339 Å². The van der Waals surface area contributed by atoms with Gasteiger partial charge in [-0.05, 0) is 77.0 Å². The Morgan fingerprint density at radius 1 is 0.661 bits per heavy atom. The minimum Gasteiger partial charge on any atom is -0.462 e. The van der Waals surface area contributed by atoms with Crippen LogP contribution in [-0.4, -0.2) is 59.0 Å². The number of hydrogen-bond donors (Lipinski definition) is 0. The van der Waals surface area contributed by atoms with Crippen LogP contribution in [0.3, 0.4) is 0 Å². The van der Waals surface area contributed by atoms with E-state index in [-0.39, 0.29) is 38.0 Å². The number of ether oxygens (including phenoxy) is 4. The van der Waals surface area contributed by atoms with E-state index in [2.05, 4.69) is 67.4 Å². The van der Waals surface area contributed by atoms with Crippen LogP contribution in [0, 0.1) is 0 Å². The Morgan fingerprint density at radius 2 is 1.14 bits per heavy atom. The standard InChI is InChI=1S/C47H76N2O7/c1-4-6-8-10-12-14-16-18-20-22-24-26-28-30-32-34-44(50)55-43-39-53-42(38-54-46(52)36-41-37-49(3)40-48-41)47(43)56-45(51)35-33-31-29-27-25-23-21-19-17-15-13-11-9-7-5-2/h12-15,18-21,37,40,42-43,47H,4-11,16-17,22-36,38-39H2,1-3H3/b14-12-,15-13-,20-18-,21-19-/t42-,43+,47+/m1/s1. The molecule has 1 aromatic rings. The van der Waals surface area contributed by atoms with Crippen LogP contribution in [0.25, 0.3) is 0 Å². The lowest BCUT2D eigenvalue weighted by atomic mass is 10.1. The van der Waals surface area contributed by atoms with Crippen LogP contribution in [0.15, 0.2) is 61.1 Å². The minimum atomic E-state index is -0.836. The molecule has 0 bridgehead atoms. The minimum absolute atomic E-state index is 0.0246. The molecule has 0 saturated carbocycles. The zero-order chi connectivity index (χ0) is 40.3. The predicted molar refractivity (Wildman–Crippen MR) is 226 cm³/mol. The summed E-state index contributed by atoms with van der Waals surface area (Å²) in [5.41, 5.74) is 0.602. The molecular formula is C47H76N2O7. The number of aromatic nitrogens is 2. The van der Waals surface area contributed by atoms with Crippen molar-refractivity contribution >= 4 is 17.9 Å². The maximum absolute atomic E-state index is 13.0. The lowest BCUT2D eigenvalue weighted by molar-refractivity contribution is -0.168. The third kappa shape index (κ3) is 25.6. The van der Waals surface area contributed by atoms with Crippen LogP contribution in [0.2, 0.25) is 0 Å². The number of aryl methyl sites for hydroxylation is 1. The maximum Gasteiger partial charge on any atom is 0.312 e. The zero-order valence-electron chi connectivity index (χ0n) is 35.3. The van der Waals surface area contributed by atoms with Crippen LogP contribution >= 0.6 is 0 Å². The van der Waals surface area contributed by atoms with Gasteiger partial charge in [0, 0.05) is 26.1 Å². The fourth-order valence-corrected chi connectivity index (χ4v) is 6.58. The first-order chi connectivity index (χ1) is 27.4. The van der Waals surface area contributed by atoms with E-state index in [1.165, 1.54) is 51.4 Å². The number of rotatable bonds is 34. The van der Waals surface area contributed by atoms with Crippen molar-refractivity contribution in [3.05, 3.63) is 66.8 Å². The van der Waals surface area contributed by atoms with Gasteiger partial charge in [0.2, 0.25) is 0 Å². The van der Waals surface area contributed by atoms with Crippen LogP contribution in [-0.2, 0) is 46.8 Å². The second-order valence-electron chi connectivity index (χ2n) is 15.2. The van der Waals surface area contributed by atoms with Crippen LogP contribution in [0.5, 0.6) is 0 Å². The maximum atomic E-state index is 13.0. The van der Waals surface area contributed by atoms with Crippen molar-refractivity contribution in [1.29, 1.82) is 0 Å². The fourth-order valence-electron chi connectivity index (χ4n) is 6.58. The molecule has 0 N–H and O–H groups in total. The highest BCUT2D eigenvalue weighted by Crippen LogP contribution is 2.24. The highest BCUT2D eigenvalue weighted by Gasteiger charge is 2.43. The number of carbonyl (C=O) groups is 3. The molecule has 0 aliphatic carbocycles. The Bertz CT molecular complexity index is 1280. The van der Waals surface area contributed by atoms with Crippen molar-refractivity contribution in [3.63, 3.8) is 0 Å². The van der Waals surface area contributed by atoms with Gasteiger partial charge < -0.3 is 23.5 Å². The average molecular weight is 781 g/mol. The number of carbonyl (C=O) groups excluding carboxylic acids is 3. The molecule has 2 heterocycles. The van der Waals surface area contributed by atoms with Crippen molar-refractivity contribution in [2.24, 2.45) is 7.05 Å². The molecule has 56 heavy (non-hydrogen) atoms. The molecule has 1 fully saturated rings. The molecule has 316 valence electrons. The molecule has 0 spiro atoms. The molecule has 2 rings (SSSR count). The summed E-state index contributed by atoms with van der Waals surface area (Å²) in [4.78, 5) is 42.5. The van der Waals surface area contributed by atoms with Crippen LogP contribution < -0.4 is 0 Å². The molecule has 1 aliphatic heterocycles. The number of unbranched alkanes of at least 4 members (excludes halogenated alkanes) is 16. The van der Waals surface area contributed by atoms with Gasteiger partial charge in [0.15, 0.2) is 12.2 Å². The summed E-state index contributed by atoms with van der Waals surface area (Å²) in [6.45, 7) is 4.44. The number of nitrogens with zero attached hydrogens (tertiary/aromatic N) is 2. The van der Waals surface area contributed by atoms with Gasteiger partial charge in [-0.2, -0.15) is 0 Å². The summed E-state index contributed by atoms with van der Waals surface area (Å²) in [5.74, 6) is -1.14. The van der Waals surface area contributed by atoms with Crippen molar-refractivity contribution in [2.75, 3.05) is 13.2 Å². The van der Waals surface area contributed by atoms with Gasteiger partial charge >= 0.3 is 17.9 Å². The fraction of sp³-hybridized carbons (Fsp3) is 0.702. The quantitative estimate of drug-likeness (QED) is 0.0294. The number of esters is 3. The number of allylic oxidation sites excluding steroid dienone is 8. The van der Waals surface area contributed by atoms with Gasteiger partial charge in [-0.25, -0.2) is 4.98 Å². The molecule has 9 heteroatoms. The third-order valence-corrected chi connectivity index (χ3v) is 9.91. The van der Waals surface area contributed by atoms with Gasteiger partial charge in [0.25, 0.3) is 0 Å². The molecule has 0 aromatic carbocycles. The van der Waals surface area contributed by atoms with Crippen molar-refractivity contribution in [1.82, 2.24) is 9.55 Å². The second kappa shape index (κ2) is 33.7. The molecule has 9 nitrogen and oxygen atoms in total. The average Bonchev–Trinajstić information content (AvgIpc) is 3.77. The smallest absolute Gasteiger partial charge is 0.312 e. The molecule has 1 aliphatic rings. The molecule has 0 amide bonds. The summed E-state index contributed by atoms with van der Waals surface area (Å²) in [7, 11) is 1.83. The zero-order valence-corrected chi connectivity index (χ0v) is 35.3. The number of hydrogen-bond acceptors (Lipinski definition) is 8. The molecular weight excluding hydrogens is 705 g/mol. The van der Waals surface area contributed by atoms with E-state index in [0.717, 1.165) is 89.9 Å². The predicted octanol–water partition coefficient (Wildman–Crippen LogP) is 11.4. The van der Waals surface area contributed by atoms with Gasteiger partial charge in [0.05, 0.1) is 25.0 Å². The van der Waals surface area contributed by atoms with Crippen LogP contribution in [0.1, 0.15) is 174 Å². The summed E-state index contributed by atoms with van der Waals surface area (Å²) >= 11 is 0. The lowest BCUT2D eigenvalue weighted by Gasteiger charge is -2.23. The van der Waals surface area contributed by atoms with Gasteiger partial charge in [-0.3, -0.25) is 14.4 Å². The molecule has 3 atom stereocenters.